The highest BCUT2D eigenvalue weighted by Crippen LogP contribution is 2.44. The molecule has 1 aliphatic heterocycles. The smallest absolute Gasteiger partial charge is 0.363 e. The van der Waals surface area contributed by atoms with Gasteiger partial charge in [0.25, 0.3) is 5.91 Å². The van der Waals surface area contributed by atoms with Gasteiger partial charge in [-0.3, -0.25) is 14.8 Å². The first kappa shape index (κ1) is 24.6. The van der Waals surface area contributed by atoms with Crippen molar-refractivity contribution < 1.29 is 18.0 Å². The van der Waals surface area contributed by atoms with Crippen molar-refractivity contribution >= 4 is 11.7 Å². The number of hydrogen-bond donors (Lipinski definition) is 3. The molecule has 3 N–H and O–H groups in total. The number of benzene rings is 1. The zero-order chi connectivity index (χ0) is 25.2. The van der Waals surface area contributed by atoms with Crippen LogP contribution in [0.5, 0.6) is 0 Å². The lowest BCUT2D eigenvalue weighted by molar-refractivity contribution is -0.173. The molecule has 0 saturated carbocycles. The van der Waals surface area contributed by atoms with Crippen molar-refractivity contribution in [2.45, 2.75) is 57.5 Å². The largest absolute Gasteiger partial charge is 0.410 e. The Morgan fingerprint density at radius 3 is 2.54 bits per heavy atom. The number of aromatic nitrogens is 4. The van der Waals surface area contributed by atoms with Crippen LogP contribution in [0.3, 0.4) is 0 Å². The van der Waals surface area contributed by atoms with Gasteiger partial charge < -0.3 is 16.0 Å². The summed E-state index contributed by atoms with van der Waals surface area (Å²) < 4.78 is 42.5. The van der Waals surface area contributed by atoms with Crippen molar-refractivity contribution in [1.82, 2.24) is 30.4 Å². The molecule has 0 aliphatic carbocycles. The van der Waals surface area contributed by atoms with E-state index < -0.39 is 29.7 Å². The van der Waals surface area contributed by atoms with E-state index in [4.69, 9.17) is 0 Å². The van der Waals surface area contributed by atoms with Crippen molar-refractivity contribution in [1.29, 1.82) is 0 Å². The minimum Gasteiger partial charge on any atom is -0.363 e. The third-order valence-corrected chi connectivity index (χ3v) is 5.84. The van der Waals surface area contributed by atoms with Gasteiger partial charge in [0.2, 0.25) is 0 Å². The van der Waals surface area contributed by atoms with E-state index in [1.165, 1.54) is 6.20 Å². The van der Waals surface area contributed by atoms with Crippen LogP contribution in [0.4, 0.5) is 19.0 Å². The lowest BCUT2D eigenvalue weighted by atomic mass is 9.96. The number of amides is 1. The summed E-state index contributed by atoms with van der Waals surface area (Å²) in [6, 6.07) is 6.44. The molecule has 0 fully saturated rings. The molecule has 11 heteroatoms. The van der Waals surface area contributed by atoms with Crippen molar-refractivity contribution in [2.75, 3.05) is 11.9 Å². The SMILES string of the molecule is Cc1cnc(CNCC(C)(C)NC(=O)c2cnn3c2NC(c2ccccc2)CC3C(F)(F)F)cn1. The predicted molar refractivity (Wildman–Crippen MR) is 125 cm³/mol. The Balaban J connectivity index is 1.49. The Bertz CT molecular complexity index is 1160. The molecule has 0 spiro atoms. The number of aryl methyl sites for hydroxylation is 1. The first-order valence-electron chi connectivity index (χ1n) is 11.3. The van der Waals surface area contributed by atoms with Gasteiger partial charge >= 0.3 is 6.18 Å². The number of fused-ring (bicyclic) bond motifs is 1. The number of anilines is 1. The number of alkyl halides is 3. The number of nitrogens with one attached hydrogen (secondary N) is 3. The van der Waals surface area contributed by atoms with Crippen LogP contribution in [0.1, 0.15) is 59.7 Å². The van der Waals surface area contributed by atoms with Crippen LogP contribution >= 0.6 is 0 Å². The fraction of sp³-hybridized carbons (Fsp3) is 0.417. The van der Waals surface area contributed by atoms with Crippen LogP contribution in [-0.2, 0) is 6.54 Å². The Labute approximate surface area is 201 Å². The topological polar surface area (TPSA) is 96.8 Å². The summed E-state index contributed by atoms with van der Waals surface area (Å²) in [5.74, 6) is -0.445. The van der Waals surface area contributed by atoms with Crippen LogP contribution in [0, 0.1) is 6.92 Å². The second-order valence-electron chi connectivity index (χ2n) is 9.34. The van der Waals surface area contributed by atoms with Crippen molar-refractivity contribution in [3.05, 3.63) is 71.4 Å². The monoisotopic (exact) mass is 487 g/mol. The molecule has 1 aromatic carbocycles. The third kappa shape index (κ3) is 5.79. The van der Waals surface area contributed by atoms with Crippen LogP contribution in [0.2, 0.25) is 0 Å². The second kappa shape index (κ2) is 9.65. The molecule has 3 aromatic rings. The number of nitrogens with zero attached hydrogens (tertiary/aromatic N) is 4. The Kier molecular flexibility index (Phi) is 6.79. The summed E-state index contributed by atoms with van der Waals surface area (Å²) in [4.78, 5) is 21.6. The minimum absolute atomic E-state index is 0.0589. The van der Waals surface area contributed by atoms with E-state index in [9.17, 15) is 18.0 Å². The highest BCUT2D eigenvalue weighted by atomic mass is 19.4. The quantitative estimate of drug-likeness (QED) is 0.467. The van der Waals surface area contributed by atoms with Gasteiger partial charge in [-0.1, -0.05) is 30.3 Å². The maximum absolute atomic E-state index is 13.9. The number of halogens is 3. The number of rotatable bonds is 7. The zero-order valence-electron chi connectivity index (χ0n) is 19.7. The van der Waals surface area contributed by atoms with Gasteiger partial charge in [-0.05, 0) is 26.3 Å². The maximum Gasteiger partial charge on any atom is 0.410 e. The first-order valence-corrected chi connectivity index (χ1v) is 11.3. The average molecular weight is 488 g/mol. The lowest BCUT2D eigenvalue weighted by Crippen LogP contribution is -2.50. The molecule has 0 bridgehead atoms. The molecule has 2 unspecified atom stereocenters. The molecule has 186 valence electrons. The van der Waals surface area contributed by atoms with E-state index in [1.54, 1.807) is 42.7 Å². The van der Waals surface area contributed by atoms with E-state index in [0.29, 0.717) is 18.7 Å². The molecule has 3 heterocycles. The maximum atomic E-state index is 13.9. The molecule has 2 aromatic heterocycles. The van der Waals surface area contributed by atoms with Crippen molar-refractivity contribution in [2.24, 2.45) is 0 Å². The highest BCUT2D eigenvalue weighted by molar-refractivity contribution is 5.99. The van der Waals surface area contributed by atoms with Crippen molar-refractivity contribution in [3.8, 4) is 0 Å². The molecule has 8 nitrogen and oxygen atoms in total. The first-order chi connectivity index (χ1) is 16.5. The van der Waals surface area contributed by atoms with Crippen LogP contribution in [-0.4, -0.2) is 43.9 Å². The molecule has 1 amide bonds. The van der Waals surface area contributed by atoms with E-state index in [0.717, 1.165) is 16.1 Å². The molecular formula is C24H28F3N7O. The molecule has 0 saturated heterocycles. The Morgan fingerprint density at radius 1 is 1.14 bits per heavy atom. The molecule has 4 rings (SSSR count). The van der Waals surface area contributed by atoms with Gasteiger partial charge in [0.1, 0.15) is 11.4 Å². The Morgan fingerprint density at radius 2 is 1.89 bits per heavy atom. The fourth-order valence-corrected chi connectivity index (χ4v) is 4.07. The van der Waals surface area contributed by atoms with E-state index in [-0.39, 0.29) is 17.8 Å². The predicted octanol–water partition coefficient (Wildman–Crippen LogP) is 3.94. The summed E-state index contributed by atoms with van der Waals surface area (Å²) in [5, 5.41) is 13.2. The number of carbonyl (C=O) groups is 1. The standard InChI is InChI=1S/C24H28F3N7O/c1-15-10-30-17(12-29-15)11-28-14-23(2,3)33-22(35)18-13-31-34-20(24(25,26)27)9-19(32-21(18)34)16-7-5-4-6-8-16/h4-8,10,12-13,19-20,28,32H,9,11,14H2,1-3H3,(H,33,35). The van der Waals surface area contributed by atoms with Gasteiger partial charge in [-0.25, -0.2) is 4.68 Å². The van der Waals surface area contributed by atoms with Gasteiger partial charge in [0.15, 0.2) is 6.04 Å². The Hall–Kier alpha value is -3.47. The molecule has 0 radical (unpaired) electrons. The molecule has 1 aliphatic rings. The number of carbonyl (C=O) groups excluding carboxylic acids is 1. The summed E-state index contributed by atoms with van der Waals surface area (Å²) >= 11 is 0. The fourth-order valence-electron chi connectivity index (χ4n) is 4.07. The third-order valence-electron chi connectivity index (χ3n) is 5.84. The van der Waals surface area contributed by atoms with Crippen LogP contribution in [0.15, 0.2) is 48.9 Å². The summed E-state index contributed by atoms with van der Waals surface area (Å²) in [5.41, 5.74) is 1.67. The van der Waals surface area contributed by atoms with E-state index in [1.807, 2.05) is 20.8 Å². The molecular weight excluding hydrogens is 459 g/mol. The summed E-state index contributed by atoms with van der Waals surface area (Å²) in [6.07, 6.45) is -0.183. The molecule has 35 heavy (non-hydrogen) atoms. The van der Waals surface area contributed by atoms with Gasteiger partial charge in [-0.2, -0.15) is 18.3 Å². The van der Waals surface area contributed by atoms with Crippen LogP contribution < -0.4 is 16.0 Å². The van der Waals surface area contributed by atoms with E-state index in [2.05, 4.69) is 31.0 Å². The van der Waals surface area contributed by atoms with Gasteiger partial charge in [-0.15, -0.1) is 0 Å². The number of hydrogen-bond acceptors (Lipinski definition) is 6. The highest BCUT2D eigenvalue weighted by Gasteiger charge is 2.47. The summed E-state index contributed by atoms with van der Waals surface area (Å²) in [7, 11) is 0. The lowest BCUT2D eigenvalue weighted by Gasteiger charge is -2.34. The van der Waals surface area contributed by atoms with Gasteiger partial charge in [0.05, 0.1) is 23.6 Å². The van der Waals surface area contributed by atoms with Gasteiger partial charge in [0, 0.05) is 37.4 Å². The van der Waals surface area contributed by atoms with E-state index >= 15 is 0 Å². The van der Waals surface area contributed by atoms with Crippen molar-refractivity contribution in [3.63, 3.8) is 0 Å². The average Bonchev–Trinajstić information content (AvgIpc) is 3.23. The normalized spacial score (nSPS) is 18.0. The zero-order valence-corrected chi connectivity index (χ0v) is 19.7. The minimum atomic E-state index is -4.51. The van der Waals surface area contributed by atoms with Crippen LogP contribution in [0.25, 0.3) is 0 Å². The molecule has 2 atom stereocenters. The second-order valence-corrected chi connectivity index (χ2v) is 9.34. The summed E-state index contributed by atoms with van der Waals surface area (Å²) in [6.45, 7) is 6.37.